The molecule has 0 N–H and O–H groups in total. The standard InChI is InChI=1S/C47H29N5O/c1-4-11-30(12-5-1)35-22-23-36(31-13-6-2-7-14-31)45-43(35)37-20-18-33(27-39(37)46-49-25-26-51(45)46)53-34-19-21-38-40(28-34)47-50-29-42(32-15-8-3-9-16-32)52(47)41-17-10-24-48-44(38)41/h1-29H. The number of aromatic nitrogens is 5. The number of benzene rings is 6. The van der Waals surface area contributed by atoms with E-state index in [1.807, 2.05) is 36.8 Å². The third-order valence-corrected chi connectivity index (χ3v) is 10.3. The molecule has 0 saturated carbocycles. The van der Waals surface area contributed by atoms with Gasteiger partial charge in [-0.25, -0.2) is 9.97 Å². The Kier molecular flexibility index (Phi) is 6.45. The van der Waals surface area contributed by atoms with Gasteiger partial charge in [0, 0.05) is 51.3 Å². The third-order valence-electron chi connectivity index (χ3n) is 10.3. The van der Waals surface area contributed by atoms with Crippen LogP contribution in [0.5, 0.6) is 11.5 Å². The maximum Gasteiger partial charge on any atom is 0.145 e. The SMILES string of the molecule is c1ccc(-c2ccc(-c3ccccc3)c3c2c2ccc(Oc4ccc5c(c4)c4ncc(-c6ccccc6)n4c4cccnc54)cc2c2nccn23)cc1. The molecule has 5 heterocycles. The number of ether oxygens (including phenoxy) is 1. The molecule has 0 fully saturated rings. The summed E-state index contributed by atoms with van der Waals surface area (Å²) < 4.78 is 11.1. The highest BCUT2D eigenvalue weighted by molar-refractivity contribution is 6.20. The molecule has 0 radical (unpaired) electrons. The lowest BCUT2D eigenvalue weighted by Gasteiger charge is -2.17. The van der Waals surface area contributed by atoms with Crippen molar-refractivity contribution in [1.29, 1.82) is 0 Å². The van der Waals surface area contributed by atoms with E-state index < -0.39 is 0 Å². The molecule has 0 spiro atoms. The first-order valence-electron chi connectivity index (χ1n) is 17.7. The first-order valence-corrected chi connectivity index (χ1v) is 17.7. The van der Waals surface area contributed by atoms with Gasteiger partial charge in [-0.05, 0) is 70.6 Å². The van der Waals surface area contributed by atoms with Crippen molar-refractivity contribution in [2.75, 3.05) is 0 Å². The number of imidazole rings is 2. The molecule has 53 heavy (non-hydrogen) atoms. The lowest BCUT2D eigenvalue weighted by Crippen LogP contribution is -1.97. The zero-order chi connectivity index (χ0) is 34.9. The number of hydrogen-bond acceptors (Lipinski definition) is 4. The van der Waals surface area contributed by atoms with Crippen molar-refractivity contribution >= 4 is 54.8 Å². The molecule has 0 aliphatic heterocycles. The zero-order valence-corrected chi connectivity index (χ0v) is 28.4. The van der Waals surface area contributed by atoms with Gasteiger partial charge in [0.25, 0.3) is 0 Å². The van der Waals surface area contributed by atoms with Crippen LogP contribution in [0.3, 0.4) is 0 Å². The van der Waals surface area contributed by atoms with Crippen LogP contribution in [0.4, 0.5) is 0 Å². The minimum Gasteiger partial charge on any atom is -0.457 e. The summed E-state index contributed by atoms with van der Waals surface area (Å²) in [5.74, 6) is 1.44. The van der Waals surface area contributed by atoms with Crippen LogP contribution in [0, 0.1) is 0 Å². The second kappa shape index (κ2) is 11.6. The Morgan fingerprint density at radius 3 is 1.85 bits per heavy atom. The topological polar surface area (TPSA) is 56.7 Å². The van der Waals surface area contributed by atoms with Crippen LogP contribution in [0.15, 0.2) is 176 Å². The Morgan fingerprint density at radius 2 is 1.11 bits per heavy atom. The fraction of sp³-hybridized carbons (Fsp3) is 0. The Balaban J connectivity index is 1.11. The lowest BCUT2D eigenvalue weighted by molar-refractivity contribution is 0.484. The number of fused-ring (bicyclic) bond motifs is 12. The van der Waals surface area contributed by atoms with Crippen LogP contribution >= 0.6 is 0 Å². The summed E-state index contributed by atoms with van der Waals surface area (Å²) in [6.45, 7) is 0. The van der Waals surface area contributed by atoms with Crippen LogP contribution in [0.25, 0.3) is 88.3 Å². The van der Waals surface area contributed by atoms with Crippen LogP contribution in [0.2, 0.25) is 0 Å². The molecule has 11 rings (SSSR count). The van der Waals surface area contributed by atoms with Crippen LogP contribution in [0.1, 0.15) is 0 Å². The predicted molar refractivity (Wildman–Crippen MR) is 215 cm³/mol. The van der Waals surface area contributed by atoms with Crippen molar-refractivity contribution in [3.8, 4) is 45.0 Å². The van der Waals surface area contributed by atoms with Crippen LogP contribution in [-0.2, 0) is 0 Å². The summed E-state index contributed by atoms with van der Waals surface area (Å²) >= 11 is 0. The number of pyridine rings is 3. The Morgan fingerprint density at radius 1 is 0.472 bits per heavy atom. The molecule has 6 aromatic carbocycles. The van der Waals surface area contributed by atoms with Crippen molar-refractivity contribution in [2.24, 2.45) is 0 Å². The van der Waals surface area contributed by atoms with Gasteiger partial charge in [-0.15, -0.1) is 0 Å². The highest BCUT2D eigenvalue weighted by Gasteiger charge is 2.20. The van der Waals surface area contributed by atoms with Gasteiger partial charge in [-0.1, -0.05) is 103 Å². The molecule has 0 unspecified atom stereocenters. The first kappa shape index (κ1) is 29.4. The number of rotatable bonds is 5. The van der Waals surface area contributed by atoms with E-state index in [0.29, 0.717) is 0 Å². The van der Waals surface area contributed by atoms with Gasteiger partial charge in [-0.2, -0.15) is 0 Å². The quantitative estimate of drug-likeness (QED) is 0.170. The van der Waals surface area contributed by atoms with E-state index in [0.717, 1.165) is 88.8 Å². The molecule has 5 aromatic heterocycles. The van der Waals surface area contributed by atoms with E-state index in [1.54, 1.807) is 0 Å². The van der Waals surface area contributed by atoms with E-state index in [-0.39, 0.29) is 0 Å². The molecule has 0 saturated heterocycles. The minimum absolute atomic E-state index is 0.717. The monoisotopic (exact) mass is 679 g/mol. The van der Waals surface area contributed by atoms with Crippen molar-refractivity contribution < 1.29 is 4.74 Å². The molecule has 0 amide bonds. The summed E-state index contributed by atoms with van der Waals surface area (Å²) in [6.07, 6.45) is 7.73. The van der Waals surface area contributed by atoms with Gasteiger partial charge in [0.15, 0.2) is 0 Å². The maximum absolute atomic E-state index is 6.70. The average molecular weight is 680 g/mol. The summed E-state index contributed by atoms with van der Waals surface area (Å²) in [6, 6.07) is 52.7. The molecule has 11 aromatic rings. The van der Waals surface area contributed by atoms with Crippen molar-refractivity contribution in [2.45, 2.75) is 0 Å². The zero-order valence-electron chi connectivity index (χ0n) is 28.4. The highest BCUT2D eigenvalue weighted by atomic mass is 16.5. The maximum atomic E-state index is 6.70. The molecule has 0 atom stereocenters. The molecule has 0 aliphatic rings. The van der Waals surface area contributed by atoms with Gasteiger partial charge in [0.1, 0.15) is 22.8 Å². The molecule has 0 aliphatic carbocycles. The van der Waals surface area contributed by atoms with Crippen LogP contribution in [-0.4, -0.2) is 23.8 Å². The van der Waals surface area contributed by atoms with E-state index in [1.165, 1.54) is 10.9 Å². The molecular weight excluding hydrogens is 651 g/mol. The fourth-order valence-electron chi connectivity index (χ4n) is 7.99. The predicted octanol–water partition coefficient (Wildman–Crippen LogP) is 11.8. The van der Waals surface area contributed by atoms with E-state index in [9.17, 15) is 0 Å². The number of hydrogen-bond donors (Lipinski definition) is 0. The average Bonchev–Trinajstić information content (AvgIpc) is 3.91. The van der Waals surface area contributed by atoms with Crippen LogP contribution < -0.4 is 4.74 Å². The van der Waals surface area contributed by atoms with Gasteiger partial charge >= 0.3 is 0 Å². The second-order valence-corrected chi connectivity index (χ2v) is 13.3. The van der Waals surface area contributed by atoms with Gasteiger partial charge in [-0.3, -0.25) is 13.8 Å². The summed E-state index contributed by atoms with van der Waals surface area (Å²) in [5.41, 5.74) is 11.6. The first-order chi connectivity index (χ1) is 26.3. The molecule has 6 nitrogen and oxygen atoms in total. The Bertz CT molecular complexity index is 3190. The minimum atomic E-state index is 0.717. The van der Waals surface area contributed by atoms with E-state index in [2.05, 4.69) is 148 Å². The smallest absolute Gasteiger partial charge is 0.145 e. The normalized spacial score (nSPS) is 11.8. The third kappa shape index (κ3) is 4.56. The van der Waals surface area contributed by atoms with Crippen molar-refractivity contribution in [3.63, 3.8) is 0 Å². The second-order valence-electron chi connectivity index (χ2n) is 13.3. The summed E-state index contributed by atoms with van der Waals surface area (Å²) in [7, 11) is 0. The van der Waals surface area contributed by atoms with E-state index in [4.69, 9.17) is 19.7 Å². The highest BCUT2D eigenvalue weighted by Crippen LogP contribution is 2.42. The van der Waals surface area contributed by atoms with Gasteiger partial charge < -0.3 is 4.74 Å². The molecule has 0 bridgehead atoms. The van der Waals surface area contributed by atoms with Gasteiger partial charge in [0.2, 0.25) is 0 Å². The van der Waals surface area contributed by atoms with E-state index >= 15 is 0 Å². The van der Waals surface area contributed by atoms with Crippen molar-refractivity contribution in [3.05, 3.63) is 176 Å². The fourth-order valence-corrected chi connectivity index (χ4v) is 7.99. The molecule has 248 valence electrons. The Hall–Kier alpha value is -7.31. The van der Waals surface area contributed by atoms with Gasteiger partial charge in [0.05, 0.1) is 28.4 Å². The Labute approximate surface area is 303 Å². The largest absolute Gasteiger partial charge is 0.457 e. The number of nitrogens with zero attached hydrogens (tertiary/aromatic N) is 5. The molecule has 6 heteroatoms. The lowest BCUT2D eigenvalue weighted by atomic mass is 9.91. The summed E-state index contributed by atoms with van der Waals surface area (Å²) in [4.78, 5) is 14.7. The summed E-state index contributed by atoms with van der Waals surface area (Å²) in [5, 5.41) is 5.30. The molecular formula is C47H29N5O. The van der Waals surface area contributed by atoms with Crippen molar-refractivity contribution in [1.82, 2.24) is 23.8 Å².